The second-order valence-corrected chi connectivity index (χ2v) is 5.54. The fourth-order valence-electron chi connectivity index (χ4n) is 1.52. The molecule has 0 aliphatic rings. The molecule has 98 valence electrons. The van der Waals surface area contributed by atoms with Crippen molar-refractivity contribution in [1.82, 2.24) is 0 Å². The smallest absolute Gasteiger partial charge is 0.243 e. The van der Waals surface area contributed by atoms with Gasteiger partial charge in [-0.1, -0.05) is 23.7 Å². The van der Waals surface area contributed by atoms with Crippen LogP contribution in [0.1, 0.15) is 0 Å². The molecule has 2 aromatic carbocycles. The van der Waals surface area contributed by atoms with E-state index in [9.17, 15) is 4.79 Å². The summed E-state index contributed by atoms with van der Waals surface area (Å²) in [6, 6.07) is 14.9. The van der Waals surface area contributed by atoms with Crippen LogP contribution < -0.4 is 10.6 Å². The predicted molar refractivity (Wildman–Crippen MR) is 87.7 cm³/mol. The Kier molecular flexibility index (Phi) is 5.04. The van der Waals surface area contributed by atoms with Crippen molar-refractivity contribution in [2.45, 2.75) is 0 Å². The molecule has 0 aliphatic carbocycles. The number of para-hydroxylation sites is 1. The lowest BCUT2D eigenvalue weighted by molar-refractivity contribution is -0.114. The number of hydrogen-bond acceptors (Lipinski definition) is 2. The van der Waals surface area contributed by atoms with Gasteiger partial charge in [-0.3, -0.25) is 4.79 Å². The van der Waals surface area contributed by atoms with Crippen LogP contribution in [-0.2, 0) is 4.79 Å². The Labute approximate surface area is 130 Å². The molecule has 0 fully saturated rings. The summed E-state index contributed by atoms with van der Waals surface area (Å²) in [5, 5.41) is 6.41. The molecule has 0 unspecified atom stereocenters. The van der Waals surface area contributed by atoms with E-state index < -0.39 is 0 Å². The molecule has 0 saturated heterocycles. The topological polar surface area (TPSA) is 41.1 Å². The number of halogens is 2. The quantitative estimate of drug-likeness (QED) is 0.780. The molecule has 2 N–H and O–H groups in total. The normalized spacial score (nSPS) is 10.0. The summed E-state index contributed by atoms with van der Waals surface area (Å²) in [7, 11) is 0. The van der Waals surface area contributed by atoms with Crippen LogP contribution in [0.2, 0.25) is 5.02 Å². The van der Waals surface area contributed by atoms with Crippen LogP contribution in [0.25, 0.3) is 0 Å². The standard InChI is InChI=1S/C14H12ClIN2O/c15-12-3-1-2-4-13(12)17-9-14(19)18-11-7-5-10(16)6-8-11/h1-8,17H,9H2,(H,18,19). The average Bonchev–Trinajstić information content (AvgIpc) is 2.40. The van der Waals surface area contributed by atoms with E-state index in [0.29, 0.717) is 5.02 Å². The maximum atomic E-state index is 11.8. The number of rotatable bonds is 4. The van der Waals surface area contributed by atoms with Crippen LogP contribution in [0, 0.1) is 3.57 Å². The molecule has 5 heteroatoms. The summed E-state index contributed by atoms with van der Waals surface area (Å²) in [6.07, 6.45) is 0. The number of carbonyl (C=O) groups excluding carboxylic acids is 1. The first kappa shape index (κ1) is 14.1. The number of carbonyl (C=O) groups is 1. The highest BCUT2D eigenvalue weighted by molar-refractivity contribution is 14.1. The van der Waals surface area contributed by atoms with Crippen molar-refractivity contribution in [2.24, 2.45) is 0 Å². The molecule has 0 aliphatic heterocycles. The number of amides is 1. The molecule has 2 aromatic rings. The van der Waals surface area contributed by atoms with Gasteiger partial charge in [-0.25, -0.2) is 0 Å². The zero-order valence-electron chi connectivity index (χ0n) is 9.99. The molecule has 0 heterocycles. The van der Waals surface area contributed by atoms with Crippen molar-refractivity contribution < 1.29 is 4.79 Å². The van der Waals surface area contributed by atoms with Crippen LogP contribution in [0.15, 0.2) is 48.5 Å². The zero-order valence-corrected chi connectivity index (χ0v) is 12.9. The van der Waals surface area contributed by atoms with Crippen molar-refractivity contribution in [3.05, 3.63) is 57.1 Å². The largest absolute Gasteiger partial charge is 0.375 e. The van der Waals surface area contributed by atoms with Crippen molar-refractivity contribution in [2.75, 3.05) is 17.2 Å². The fraction of sp³-hybridized carbons (Fsp3) is 0.0714. The summed E-state index contributed by atoms with van der Waals surface area (Å²) in [4.78, 5) is 11.8. The van der Waals surface area contributed by atoms with Crippen LogP contribution in [0.5, 0.6) is 0 Å². The molecule has 0 spiro atoms. The minimum atomic E-state index is -0.110. The maximum absolute atomic E-state index is 11.8. The van der Waals surface area contributed by atoms with Crippen LogP contribution >= 0.6 is 34.2 Å². The van der Waals surface area contributed by atoms with Gasteiger partial charge in [-0.05, 0) is 59.0 Å². The number of nitrogens with one attached hydrogen (secondary N) is 2. The average molecular weight is 387 g/mol. The Morgan fingerprint density at radius 2 is 1.79 bits per heavy atom. The zero-order chi connectivity index (χ0) is 13.7. The van der Waals surface area contributed by atoms with Gasteiger partial charge < -0.3 is 10.6 Å². The highest BCUT2D eigenvalue weighted by Crippen LogP contribution is 2.20. The molecule has 0 saturated carbocycles. The van der Waals surface area contributed by atoms with E-state index in [2.05, 4.69) is 33.2 Å². The van der Waals surface area contributed by atoms with Crippen LogP contribution in [0.3, 0.4) is 0 Å². The lowest BCUT2D eigenvalue weighted by Gasteiger charge is -2.09. The minimum absolute atomic E-state index is 0.110. The van der Waals surface area contributed by atoms with Crippen LogP contribution in [-0.4, -0.2) is 12.5 Å². The Morgan fingerprint density at radius 3 is 2.47 bits per heavy atom. The summed E-state index contributed by atoms with van der Waals surface area (Å²) in [5.41, 5.74) is 1.54. The van der Waals surface area contributed by atoms with Gasteiger partial charge in [-0.15, -0.1) is 0 Å². The SMILES string of the molecule is O=C(CNc1ccccc1Cl)Nc1ccc(I)cc1. The summed E-state index contributed by atoms with van der Waals surface area (Å²) < 4.78 is 1.13. The van der Waals surface area contributed by atoms with Crippen molar-refractivity contribution >= 4 is 51.5 Å². The van der Waals surface area contributed by atoms with Gasteiger partial charge in [0.2, 0.25) is 5.91 Å². The van der Waals surface area contributed by atoms with Gasteiger partial charge in [-0.2, -0.15) is 0 Å². The van der Waals surface area contributed by atoms with E-state index in [1.54, 1.807) is 6.07 Å². The van der Waals surface area contributed by atoms with Gasteiger partial charge in [0.15, 0.2) is 0 Å². The molecule has 0 radical (unpaired) electrons. The van der Waals surface area contributed by atoms with Gasteiger partial charge in [0.05, 0.1) is 17.3 Å². The number of hydrogen-bond donors (Lipinski definition) is 2. The van der Waals surface area contributed by atoms with E-state index in [1.165, 1.54) is 0 Å². The summed E-state index contributed by atoms with van der Waals surface area (Å²) in [6.45, 7) is 0.176. The minimum Gasteiger partial charge on any atom is -0.375 e. The molecule has 19 heavy (non-hydrogen) atoms. The van der Waals surface area contributed by atoms with Crippen molar-refractivity contribution in [3.63, 3.8) is 0 Å². The third kappa shape index (κ3) is 4.40. The molecule has 0 bridgehead atoms. The van der Waals surface area contributed by atoms with Gasteiger partial charge in [0.25, 0.3) is 0 Å². The lowest BCUT2D eigenvalue weighted by atomic mass is 10.3. The molecular formula is C14H12ClIN2O. The van der Waals surface area contributed by atoms with Crippen molar-refractivity contribution in [1.29, 1.82) is 0 Å². The monoisotopic (exact) mass is 386 g/mol. The third-order valence-corrected chi connectivity index (χ3v) is 3.49. The van der Waals surface area contributed by atoms with Gasteiger partial charge >= 0.3 is 0 Å². The molecule has 0 aromatic heterocycles. The highest BCUT2D eigenvalue weighted by atomic mass is 127. The first-order chi connectivity index (χ1) is 9.15. The van der Waals surface area contributed by atoms with E-state index in [1.807, 2.05) is 42.5 Å². The predicted octanol–water partition coefficient (Wildman–Crippen LogP) is 4.00. The third-order valence-electron chi connectivity index (χ3n) is 2.44. The molecular weight excluding hydrogens is 375 g/mol. The second-order valence-electron chi connectivity index (χ2n) is 3.89. The first-order valence-corrected chi connectivity index (χ1v) is 7.14. The molecule has 2 rings (SSSR count). The summed E-state index contributed by atoms with van der Waals surface area (Å²) >= 11 is 8.21. The van der Waals surface area contributed by atoms with E-state index in [0.717, 1.165) is 14.9 Å². The summed E-state index contributed by atoms with van der Waals surface area (Å²) in [5.74, 6) is -0.110. The lowest BCUT2D eigenvalue weighted by Crippen LogP contribution is -2.21. The Hall–Kier alpha value is -1.27. The fourth-order valence-corrected chi connectivity index (χ4v) is 2.08. The van der Waals surface area contributed by atoms with Crippen LogP contribution in [0.4, 0.5) is 11.4 Å². The molecule has 0 atom stereocenters. The molecule has 3 nitrogen and oxygen atoms in total. The Balaban J connectivity index is 1.88. The Morgan fingerprint density at radius 1 is 1.11 bits per heavy atom. The first-order valence-electron chi connectivity index (χ1n) is 5.69. The van der Waals surface area contributed by atoms with E-state index >= 15 is 0 Å². The van der Waals surface area contributed by atoms with Crippen molar-refractivity contribution in [3.8, 4) is 0 Å². The van der Waals surface area contributed by atoms with Gasteiger partial charge in [0.1, 0.15) is 0 Å². The Bertz CT molecular complexity index is 572. The maximum Gasteiger partial charge on any atom is 0.243 e. The van der Waals surface area contributed by atoms with E-state index in [-0.39, 0.29) is 12.5 Å². The number of anilines is 2. The molecule has 1 amide bonds. The van der Waals surface area contributed by atoms with Gasteiger partial charge in [0, 0.05) is 9.26 Å². The second kappa shape index (κ2) is 6.77. The number of benzene rings is 2. The highest BCUT2D eigenvalue weighted by Gasteiger charge is 2.03. The van der Waals surface area contributed by atoms with E-state index in [4.69, 9.17) is 11.6 Å².